The maximum Gasteiger partial charge on any atom is 0.351 e. The highest BCUT2D eigenvalue weighted by molar-refractivity contribution is 7.15. The van der Waals surface area contributed by atoms with Gasteiger partial charge in [0, 0.05) is 0 Å². The van der Waals surface area contributed by atoms with E-state index in [2.05, 4.69) is 9.72 Å². The Kier molecular flexibility index (Phi) is 3.50. The van der Waals surface area contributed by atoms with Crippen molar-refractivity contribution < 1.29 is 14.3 Å². The van der Waals surface area contributed by atoms with Crippen LogP contribution in [-0.2, 0) is 4.74 Å². The highest BCUT2D eigenvalue weighted by Gasteiger charge is 2.17. The molecule has 0 aliphatic heterocycles. The van der Waals surface area contributed by atoms with Crippen LogP contribution in [0.25, 0.3) is 0 Å². The van der Waals surface area contributed by atoms with E-state index in [9.17, 15) is 4.79 Å². The molecular formula is C7H8ClNO3S. The minimum absolute atomic E-state index is 0.125. The van der Waals surface area contributed by atoms with E-state index in [4.69, 9.17) is 16.3 Å². The van der Waals surface area contributed by atoms with Gasteiger partial charge >= 0.3 is 5.97 Å². The molecule has 1 heterocycles. The SMILES string of the molecule is CCOc1nc(Cl)c(C(=O)OC)s1. The van der Waals surface area contributed by atoms with Crippen molar-refractivity contribution in [3.05, 3.63) is 10.0 Å². The number of nitrogens with zero attached hydrogens (tertiary/aromatic N) is 1. The average molecular weight is 222 g/mol. The third-order valence-corrected chi connectivity index (χ3v) is 2.54. The van der Waals surface area contributed by atoms with Crippen LogP contribution in [0.1, 0.15) is 16.6 Å². The average Bonchev–Trinajstić information content (AvgIpc) is 2.46. The van der Waals surface area contributed by atoms with Gasteiger partial charge in [-0.1, -0.05) is 22.9 Å². The number of hydrogen-bond acceptors (Lipinski definition) is 5. The number of aromatic nitrogens is 1. The summed E-state index contributed by atoms with van der Waals surface area (Å²) in [5, 5.41) is 0.508. The van der Waals surface area contributed by atoms with Crippen LogP contribution in [0.3, 0.4) is 0 Å². The first-order valence-corrected chi connectivity index (χ1v) is 4.76. The summed E-state index contributed by atoms with van der Waals surface area (Å²) in [6.45, 7) is 2.32. The van der Waals surface area contributed by atoms with Gasteiger partial charge in [-0.3, -0.25) is 0 Å². The van der Waals surface area contributed by atoms with Gasteiger partial charge in [-0.25, -0.2) is 4.79 Å². The fourth-order valence-corrected chi connectivity index (χ4v) is 1.79. The standard InChI is InChI=1S/C7H8ClNO3S/c1-3-12-7-9-5(8)4(13-7)6(10)11-2/h3H2,1-2H3. The third kappa shape index (κ3) is 2.32. The Morgan fingerprint density at radius 2 is 2.38 bits per heavy atom. The lowest BCUT2D eigenvalue weighted by Crippen LogP contribution is -1.98. The lowest BCUT2D eigenvalue weighted by atomic mass is 10.6. The minimum Gasteiger partial charge on any atom is -0.470 e. The number of esters is 1. The quantitative estimate of drug-likeness (QED) is 0.733. The molecule has 0 amide bonds. The van der Waals surface area contributed by atoms with Crippen LogP contribution in [0.4, 0.5) is 0 Å². The Morgan fingerprint density at radius 1 is 1.69 bits per heavy atom. The summed E-state index contributed by atoms with van der Waals surface area (Å²) in [6.07, 6.45) is 0. The maximum absolute atomic E-state index is 11.1. The number of hydrogen-bond donors (Lipinski definition) is 0. The van der Waals surface area contributed by atoms with E-state index in [-0.39, 0.29) is 10.0 Å². The number of methoxy groups -OCH3 is 1. The van der Waals surface area contributed by atoms with Crippen molar-refractivity contribution in [1.82, 2.24) is 4.98 Å². The number of carbonyl (C=O) groups is 1. The molecule has 4 nitrogen and oxygen atoms in total. The molecule has 6 heteroatoms. The van der Waals surface area contributed by atoms with E-state index in [1.165, 1.54) is 7.11 Å². The molecule has 1 aromatic rings. The Labute approximate surface area is 84.4 Å². The fourth-order valence-electron chi connectivity index (χ4n) is 0.687. The van der Waals surface area contributed by atoms with E-state index in [1.54, 1.807) is 0 Å². The van der Waals surface area contributed by atoms with Gasteiger partial charge in [0.1, 0.15) is 0 Å². The summed E-state index contributed by atoms with van der Waals surface area (Å²) < 4.78 is 9.58. The Balaban J connectivity index is 2.89. The molecule has 0 spiro atoms. The molecule has 13 heavy (non-hydrogen) atoms. The first-order chi connectivity index (χ1) is 6.19. The van der Waals surface area contributed by atoms with Crippen molar-refractivity contribution in [2.75, 3.05) is 13.7 Å². The van der Waals surface area contributed by atoms with Gasteiger partial charge in [0.25, 0.3) is 5.19 Å². The molecule has 0 unspecified atom stereocenters. The molecule has 0 bridgehead atoms. The lowest BCUT2D eigenvalue weighted by molar-refractivity contribution is 0.0606. The van der Waals surface area contributed by atoms with Gasteiger partial charge < -0.3 is 9.47 Å². The molecule has 72 valence electrons. The Hall–Kier alpha value is -0.810. The predicted molar refractivity (Wildman–Crippen MR) is 49.6 cm³/mol. The molecule has 0 aromatic carbocycles. The van der Waals surface area contributed by atoms with E-state index < -0.39 is 5.97 Å². The molecule has 1 aromatic heterocycles. The second-order valence-corrected chi connectivity index (χ2v) is 3.34. The summed E-state index contributed by atoms with van der Waals surface area (Å²) in [4.78, 5) is 15.2. The fraction of sp³-hybridized carbons (Fsp3) is 0.429. The Morgan fingerprint density at radius 3 is 2.92 bits per heavy atom. The van der Waals surface area contributed by atoms with Crippen molar-refractivity contribution in [2.24, 2.45) is 0 Å². The molecule has 1 rings (SSSR count). The monoisotopic (exact) mass is 221 g/mol. The first kappa shape index (κ1) is 10.3. The van der Waals surface area contributed by atoms with Crippen LogP contribution in [0, 0.1) is 0 Å². The molecular weight excluding hydrogens is 214 g/mol. The molecule has 0 N–H and O–H groups in total. The summed E-state index contributed by atoms with van der Waals surface area (Å²) in [5.41, 5.74) is 0. The topological polar surface area (TPSA) is 48.4 Å². The predicted octanol–water partition coefficient (Wildman–Crippen LogP) is 1.98. The molecule has 0 aliphatic rings. The lowest BCUT2D eigenvalue weighted by Gasteiger charge is -1.93. The van der Waals surface area contributed by atoms with Gasteiger partial charge in [0.2, 0.25) is 0 Å². The first-order valence-electron chi connectivity index (χ1n) is 3.56. The maximum atomic E-state index is 11.1. The smallest absolute Gasteiger partial charge is 0.351 e. The van der Waals surface area contributed by atoms with Crippen molar-refractivity contribution in [3.8, 4) is 5.19 Å². The van der Waals surface area contributed by atoms with E-state index in [0.717, 1.165) is 11.3 Å². The molecule has 0 saturated heterocycles. The number of ether oxygens (including phenoxy) is 2. The molecule has 0 atom stereocenters. The van der Waals surface area contributed by atoms with Gasteiger partial charge in [0.05, 0.1) is 13.7 Å². The summed E-state index contributed by atoms with van der Waals surface area (Å²) in [7, 11) is 1.29. The number of thiazole rings is 1. The zero-order valence-corrected chi connectivity index (χ0v) is 8.74. The zero-order chi connectivity index (χ0) is 9.84. The second kappa shape index (κ2) is 4.43. The minimum atomic E-state index is -0.492. The summed E-state index contributed by atoms with van der Waals surface area (Å²) in [6, 6.07) is 0. The molecule has 0 fully saturated rings. The number of halogens is 1. The van der Waals surface area contributed by atoms with Crippen LogP contribution in [0.5, 0.6) is 5.19 Å². The van der Waals surface area contributed by atoms with E-state index in [1.807, 2.05) is 6.92 Å². The van der Waals surface area contributed by atoms with Crippen LogP contribution in [0.2, 0.25) is 5.15 Å². The summed E-state index contributed by atoms with van der Waals surface area (Å²) >= 11 is 6.75. The van der Waals surface area contributed by atoms with Gasteiger partial charge in [0.15, 0.2) is 10.0 Å². The molecule has 0 radical (unpaired) electrons. The van der Waals surface area contributed by atoms with Gasteiger partial charge in [-0.15, -0.1) is 0 Å². The number of rotatable bonds is 3. The van der Waals surface area contributed by atoms with Crippen LogP contribution in [0.15, 0.2) is 0 Å². The van der Waals surface area contributed by atoms with Gasteiger partial charge in [-0.05, 0) is 6.92 Å². The van der Waals surface area contributed by atoms with Gasteiger partial charge in [-0.2, -0.15) is 4.98 Å². The number of carbonyl (C=O) groups excluding carboxylic acids is 1. The van der Waals surface area contributed by atoms with Crippen molar-refractivity contribution in [3.63, 3.8) is 0 Å². The van der Waals surface area contributed by atoms with Crippen LogP contribution in [-0.4, -0.2) is 24.7 Å². The largest absolute Gasteiger partial charge is 0.470 e. The molecule has 0 saturated carbocycles. The summed E-state index contributed by atoms with van der Waals surface area (Å²) in [5.74, 6) is -0.492. The van der Waals surface area contributed by atoms with Crippen molar-refractivity contribution >= 4 is 28.9 Å². The highest BCUT2D eigenvalue weighted by Crippen LogP contribution is 2.28. The van der Waals surface area contributed by atoms with Crippen molar-refractivity contribution in [2.45, 2.75) is 6.92 Å². The second-order valence-electron chi connectivity index (χ2n) is 2.02. The van der Waals surface area contributed by atoms with Crippen LogP contribution < -0.4 is 4.74 Å². The highest BCUT2D eigenvalue weighted by atomic mass is 35.5. The van der Waals surface area contributed by atoms with Crippen LogP contribution >= 0.6 is 22.9 Å². The normalized spacial score (nSPS) is 9.77. The Bertz CT molecular complexity index is 313. The van der Waals surface area contributed by atoms with Crippen molar-refractivity contribution in [1.29, 1.82) is 0 Å². The van der Waals surface area contributed by atoms with E-state index in [0.29, 0.717) is 11.8 Å². The van der Waals surface area contributed by atoms with E-state index >= 15 is 0 Å². The zero-order valence-electron chi connectivity index (χ0n) is 7.17. The third-order valence-electron chi connectivity index (χ3n) is 1.20. The molecule has 0 aliphatic carbocycles.